The van der Waals surface area contributed by atoms with Gasteiger partial charge in [0, 0.05) is 6.04 Å². The molecule has 0 fully saturated rings. The highest BCUT2D eigenvalue weighted by Gasteiger charge is 2.29. The van der Waals surface area contributed by atoms with Crippen LogP contribution in [0.3, 0.4) is 0 Å². The average molecular weight is 280 g/mol. The van der Waals surface area contributed by atoms with Gasteiger partial charge in [0.25, 0.3) is 0 Å². The van der Waals surface area contributed by atoms with Crippen molar-refractivity contribution in [3.05, 3.63) is 35.4 Å². The minimum Gasteiger partial charge on any atom is -0.352 e. The molecule has 0 aliphatic rings. The van der Waals surface area contributed by atoms with Gasteiger partial charge in [-0.2, -0.15) is 13.2 Å². The monoisotopic (exact) mass is 279 g/mol. The normalized spacial score (nSPS) is 13.2. The fourth-order valence-corrected chi connectivity index (χ4v) is 1.62. The van der Waals surface area contributed by atoms with Gasteiger partial charge in [0.2, 0.25) is 5.91 Å². The van der Waals surface area contributed by atoms with Crippen molar-refractivity contribution in [2.24, 2.45) is 0 Å². The summed E-state index contributed by atoms with van der Waals surface area (Å²) in [6, 6.07) is 4.71. The third-order valence-corrected chi connectivity index (χ3v) is 2.59. The van der Waals surface area contributed by atoms with E-state index in [1.54, 1.807) is 6.92 Å². The van der Waals surface area contributed by atoms with E-state index in [9.17, 15) is 18.0 Å². The molecule has 0 aliphatic heterocycles. The maximum atomic E-state index is 12.3. The lowest BCUT2D eigenvalue weighted by Crippen LogP contribution is -2.34. The summed E-state index contributed by atoms with van der Waals surface area (Å²) < 4.78 is 37.0. The van der Waals surface area contributed by atoms with Crippen LogP contribution in [0.1, 0.15) is 18.1 Å². The molecule has 6 heteroatoms. The van der Waals surface area contributed by atoms with Gasteiger partial charge >= 0.3 is 6.18 Å². The molecule has 0 saturated carbocycles. The number of carbonyl (C=O) groups excluding carboxylic acids is 1. The Morgan fingerprint density at radius 1 is 1.33 bits per heavy atom. The number of hydrogen-bond acceptors (Lipinski definition) is 1. The fourth-order valence-electron chi connectivity index (χ4n) is 1.55. The summed E-state index contributed by atoms with van der Waals surface area (Å²) in [7, 11) is 0. The molecule has 0 aliphatic carbocycles. The van der Waals surface area contributed by atoms with E-state index in [-0.39, 0.29) is 17.8 Å². The minimum absolute atomic E-state index is 0.128. The van der Waals surface area contributed by atoms with Gasteiger partial charge < -0.3 is 5.32 Å². The van der Waals surface area contributed by atoms with Gasteiger partial charge in [-0.25, -0.2) is 0 Å². The molecular weight excluding hydrogens is 267 g/mol. The van der Waals surface area contributed by atoms with Crippen LogP contribution in [-0.4, -0.2) is 17.8 Å². The van der Waals surface area contributed by atoms with E-state index in [0.717, 1.165) is 17.7 Å². The van der Waals surface area contributed by atoms with Gasteiger partial charge in [0.15, 0.2) is 0 Å². The van der Waals surface area contributed by atoms with E-state index in [1.165, 1.54) is 12.1 Å². The van der Waals surface area contributed by atoms with Gasteiger partial charge in [0.1, 0.15) is 5.88 Å². The van der Waals surface area contributed by atoms with Crippen LogP contribution in [0.15, 0.2) is 24.3 Å². The Morgan fingerprint density at radius 3 is 2.33 bits per heavy atom. The smallest absolute Gasteiger partial charge is 0.352 e. The first-order chi connectivity index (χ1) is 8.32. The standard InChI is InChI=1S/C12H13ClF3NO/c1-8(17-11(18)7-13)6-9-2-4-10(5-3-9)12(14,15)16/h2-5,8H,6-7H2,1H3,(H,17,18)/t8-/m0/s1. The molecule has 0 saturated heterocycles. The number of rotatable bonds is 4. The van der Waals surface area contributed by atoms with Crippen LogP contribution in [0.2, 0.25) is 0 Å². The highest BCUT2D eigenvalue weighted by molar-refractivity contribution is 6.27. The highest BCUT2D eigenvalue weighted by atomic mass is 35.5. The average Bonchev–Trinajstić information content (AvgIpc) is 2.28. The predicted molar refractivity (Wildman–Crippen MR) is 63.5 cm³/mol. The molecule has 0 unspecified atom stereocenters. The van der Waals surface area contributed by atoms with Gasteiger partial charge in [-0.3, -0.25) is 4.79 Å². The van der Waals surface area contributed by atoms with Crippen LogP contribution in [-0.2, 0) is 17.4 Å². The Morgan fingerprint density at radius 2 is 1.89 bits per heavy atom. The SMILES string of the molecule is C[C@@H](Cc1ccc(C(F)(F)F)cc1)NC(=O)CCl. The number of alkyl halides is 4. The first kappa shape index (κ1) is 14.8. The molecule has 0 radical (unpaired) electrons. The fraction of sp³-hybridized carbons (Fsp3) is 0.417. The molecule has 2 nitrogen and oxygen atoms in total. The lowest BCUT2D eigenvalue weighted by atomic mass is 10.0. The summed E-state index contributed by atoms with van der Waals surface area (Å²) in [4.78, 5) is 11.0. The second-order valence-corrected chi connectivity index (χ2v) is 4.27. The number of amides is 1. The van der Waals surface area contributed by atoms with E-state index in [4.69, 9.17) is 11.6 Å². The van der Waals surface area contributed by atoms with Gasteiger partial charge in [0.05, 0.1) is 5.56 Å². The Hall–Kier alpha value is -1.23. The molecule has 1 aromatic rings. The maximum Gasteiger partial charge on any atom is 0.416 e. The zero-order valence-corrected chi connectivity index (χ0v) is 10.5. The first-order valence-electron chi connectivity index (χ1n) is 5.34. The third kappa shape index (κ3) is 4.56. The molecular formula is C12H13ClF3NO. The highest BCUT2D eigenvalue weighted by Crippen LogP contribution is 2.29. The van der Waals surface area contributed by atoms with Gasteiger partial charge in [-0.15, -0.1) is 11.6 Å². The Labute approximate surface area is 108 Å². The van der Waals surface area contributed by atoms with Crippen molar-refractivity contribution in [1.29, 1.82) is 0 Å². The second kappa shape index (κ2) is 6.09. The maximum absolute atomic E-state index is 12.3. The summed E-state index contributed by atoms with van der Waals surface area (Å²) in [5.41, 5.74) is 0.0501. The number of hydrogen-bond donors (Lipinski definition) is 1. The van der Waals surface area contributed by atoms with Crippen molar-refractivity contribution in [2.45, 2.75) is 25.6 Å². The summed E-state index contributed by atoms with van der Waals surface area (Å²) in [5, 5.41) is 2.63. The van der Waals surface area contributed by atoms with Crippen molar-refractivity contribution in [1.82, 2.24) is 5.32 Å². The van der Waals surface area contributed by atoms with Gasteiger partial charge in [-0.05, 0) is 31.0 Å². The van der Waals surface area contributed by atoms with Crippen molar-refractivity contribution < 1.29 is 18.0 Å². The summed E-state index contributed by atoms with van der Waals surface area (Å²) in [6.07, 6.45) is -3.86. The Balaban J connectivity index is 2.61. The van der Waals surface area contributed by atoms with E-state index in [1.807, 2.05) is 0 Å². The predicted octanol–water partition coefficient (Wildman–Crippen LogP) is 2.99. The lowest BCUT2D eigenvalue weighted by molar-refractivity contribution is -0.137. The van der Waals surface area contributed by atoms with Crippen molar-refractivity contribution in [3.8, 4) is 0 Å². The van der Waals surface area contributed by atoms with E-state index in [0.29, 0.717) is 6.42 Å². The molecule has 100 valence electrons. The summed E-state index contributed by atoms with van der Waals surface area (Å²) >= 11 is 5.33. The van der Waals surface area contributed by atoms with Crippen LogP contribution in [0, 0.1) is 0 Å². The van der Waals surface area contributed by atoms with Crippen molar-refractivity contribution in [2.75, 3.05) is 5.88 Å². The molecule has 1 rings (SSSR count). The number of benzene rings is 1. The number of halogens is 4. The second-order valence-electron chi connectivity index (χ2n) is 4.00. The third-order valence-electron chi connectivity index (χ3n) is 2.35. The molecule has 1 N–H and O–H groups in total. The summed E-state index contributed by atoms with van der Waals surface area (Å²) in [6.45, 7) is 1.77. The Kier molecular flexibility index (Phi) is 5.02. The molecule has 18 heavy (non-hydrogen) atoms. The van der Waals surface area contributed by atoms with Crippen molar-refractivity contribution in [3.63, 3.8) is 0 Å². The Bertz CT molecular complexity index is 403. The molecule has 0 spiro atoms. The van der Waals surface area contributed by atoms with E-state index < -0.39 is 11.7 Å². The molecule has 0 bridgehead atoms. The van der Waals surface area contributed by atoms with Crippen LogP contribution in [0.4, 0.5) is 13.2 Å². The molecule has 0 heterocycles. The van der Waals surface area contributed by atoms with Crippen LogP contribution in [0.5, 0.6) is 0 Å². The van der Waals surface area contributed by atoms with E-state index in [2.05, 4.69) is 5.32 Å². The quantitative estimate of drug-likeness (QED) is 0.844. The number of carbonyl (C=O) groups is 1. The van der Waals surface area contributed by atoms with Crippen LogP contribution < -0.4 is 5.32 Å². The summed E-state index contributed by atoms with van der Waals surface area (Å²) in [5.74, 6) is -0.423. The lowest BCUT2D eigenvalue weighted by Gasteiger charge is -2.13. The number of nitrogens with one attached hydrogen (secondary N) is 1. The molecule has 1 amide bonds. The largest absolute Gasteiger partial charge is 0.416 e. The minimum atomic E-state index is -4.32. The van der Waals surface area contributed by atoms with E-state index >= 15 is 0 Å². The molecule has 1 atom stereocenters. The zero-order chi connectivity index (χ0) is 13.8. The molecule has 0 aromatic heterocycles. The van der Waals surface area contributed by atoms with Crippen LogP contribution in [0.25, 0.3) is 0 Å². The molecule has 1 aromatic carbocycles. The van der Waals surface area contributed by atoms with Gasteiger partial charge in [-0.1, -0.05) is 12.1 Å². The van der Waals surface area contributed by atoms with Crippen LogP contribution >= 0.6 is 11.6 Å². The topological polar surface area (TPSA) is 29.1 Å². The van der Waals surface area contributed by atoms with Crippen molar-refractivity contribution >= 4 is 17.5 Å². The zero-order valence-electron chi connectivity index (χ0n) is 9.72. The first-order valence-corrected chi connectivity index (χ1v) is 5.88.